The van der Waals surface area contributed by atoms with Gasteiger partial charge in [0.15, 0.2) is 5.82 Å². The zero-order chi connectivity index (χ0) is 14.5. The maximum absolute atomic E-state index is 5.10. The van der Waals surface area contributed by atoms with E-state index in [1.807, 2.05) is 17.8 Å². The van der Waals surface area contributed by atoms with Gasteiger partial charge in [0.25, 0.3) is 0 Å². The number of imidazole rings is 1. The molecular formula is C15H22N4OS. The average molecular weight is 306 g/mol. The topological polar surface area (TPSA) is 41.8 Å². The van der Waals surface area contributed by atoms with Crippen LogP contribution in [-0.2, 0) is 11.3 Å². The summed E-state index contributed by atoms with van der Waals surface area (Å²) in [4.78, 5) is 7.26. The molecule has 1 aliphatic heterocycles. The Labute approximate surface area is 129 Å². The smallest absolute Gasteiger partial charge is 0.152 e. The lowest BCUT2D eigenvalue weighted by molar-refractivity contribution is 0.199. The quantitative estimate of drug-likeness (QED) is 0.822. The summed E-state index contributed by atoms with van der Waals surface area (Å²) in [7, 11) is 1.73. The van der Waals surface area contributed by atoms with Gasteiger partial charge in [-0.1, -0.05) is 6.07 Å². The fraction of sp³-hybridized carbons (Fsp3) is 0.533. The summed E-state index contributed by atoms with van der Waals surface area (Å²) in [6.45, 7) is 4.56. The molecule has 114 valence electrons. The fourth-order valence-electron chi connectivity index (χ4n) is 2.61. The van der Waals surface area contributed by atoms with Gasteiger partial charge in [0, 0.05) is 51.0 Å². The van der Waals surface area contributed by atoms with Gasteiger partial charge in [-0.25, -0.2) is 4.98 Å². The van der Waals surface area contributed by atoms with Crippen LogP contribution < -0.4 is 10.2 Å². The molecule has 2 aromatic heterocycles. The van der Waals surface area contributed by atoms with Crippen LogP contribution >= 0.6 is 11.8 Å². The molecule has 1 saturated heterocycles. The molecule has 6 heteroatoms. The van der Waals surface area contributed by atoms with Gasteiger partial charge in [-0.05, 0) is 12.1 Å². The van der Waals surface area contributed by atoms with Crippen molar-refractivity contribution in [3.8, 4) is 0 Å². The molecule has 0 spiro atoms. The van der Waals surface area contributed by atoms with Gasteiger partial charge >= 0.3 is 0 Å². The minimum Gasteiger partial charge on any atom is -0.383 e. The molecule has 21 heavy (non-hydrogen) atoms. The normalized spacial score (nSPS) is 15.8. The van der Waals surface area contributed by atoms with E-state index < -0.39 is 0 Å². The number of fused-ring (bicyclic) bond motifs is 1. The van der Waals surface area contributed by atoms with Gasteiger partial charge < -0.3 is 19.4 Å². The summed E-state index contributed by atoms with van der Waals surface area (Å²) in [5.41, 5.74) is 2.27. The van der Waals surface area contributed by atoms with E-state index >= 15 is 0 Å². The second-order valence-corrected chi connectivity index (χ2v) is 6.30. The van der Waals surface area contributed by atoms with Gasteiger partial charge in [0.05, 0.1) is 12.3 Å². The summed E-state index contributed by atoms with van der Waals surface area (Å²) in [6, 6.07) is 6.17. The van der Waals surface area contributed by atoms with Crippen LogP contribution in [0.5, 0.6) is 0 Å². The molecule has 5 nitrogen and oxygen atoms in total. The monoisotopic (exact) mass is 306 g/mol. The highest BCUT2D eigenvalue weighted by atomic mass is 32.2. The van der Waals surface area contributed by atoms with E-state index in [4.69, 9.17) is 9.72 Å². The number of rotatable bonds is 6. The van der Waals surface area contributed by atoms with E-state index in [-0.39, 0.29) is 0 Å². The minimum atomic E-state index is 0.729. The molecule has 0 atom stereocenters. The highest BCUT2D eigenvalue weighted by molar-refractivity contribution is 7.99. The van der Waals surface area contributed by atoms with Crippen molar-refractivity contribution in [1.29, 1.82) is 0 Å². The second-order valence-electron chi connectivity index (χ2n) is 5.08. The number of aromatic nitrogens is 2. The minimum absolute atomic E-state index is 0.729. The number of hydrogen-bond donors (Lipinski definition) is 1. The summed E-state index contributed by atoms with van der Waals surface area (Å²) in [5, 5.41) is 3.44. The van der Waals surface area contributed by atoms with Crippen LogP contribution in [0, 0.1) is 0 Å². The van der Waals surface area contributed by atoms with Crippen molar-refractivity contribution in [3.05, 3.63) is 30.1 Å². The van der Waals surface area contributed by atoms with Crippen molar-refractivity contribution < 1.29 is 4.74 Å². The van der Waals surface area contributed by atoms with E-state index in [2.05, 4.69) is 32.9 Å². The molecule has 1 fully saturated rings. The Hall–Kier alpha value is -1.24. The largest absolute Gasteiger partial charge is 0.383 e. The predicted octanol–water partition coefficient (Wildman–Crippen LogP) is 1.62. The zero-order valence-electron chi connectivity index (χ0n) is 12.4. The van der Waals surface area contributed by atoms with Crippen molar-refractivity contribution in [1.82, 2.24) is 14.7 Å². The predicted molar refractivity (Wildman–Crippen MR) is 88.3 cm³/mol. The lowest BCUT2D eigenvalue weighted by Gasteiger charge is -2.27. The molecule has 3 rings (SSSR count). The molecular weight excluding hydrogens is 284 g/mol. The first-order valence-electron chi connectivity index (χ1n) is 7.38. The number of ether oxygens (including phenoxy) is 1. The number of methoxy groups -OCH3 is 1. The zero-order valence-corrected chi connectivity index (χ0v) is 13.2. The Morgan fingerprint density at radius 1 is 1.33 bits per heavy atom. The first kappa shape index (κ1) is 14.7. The van der Waals surface area contributed by atoms with Gasteiger partial charge in [-0.2, -0.15) is 11.8 Å². The van der Waals surface area contributed by atoms with E-state index in [1.54, 1.807) is 7.11 Å². The van der Waals surface area contributed by atoms with Gasteiger partial charge in [-0.15, -0.1) is 0 Å². The molecule has 0 aliphatic carbocycles. The molecule has 0 aromatic carbocycles. The third kappa shape index (κ3) is 3.33. The summed E-state index contributed by atoms with van der Waals surface area (Å²) in [6.07, 6.45) is 2.10. The van der Waals surface area contributed by atoms with Crippen molar-refractivity contribution in [2.75, 3.05) is 49.8 Å². The third-order valence-electron chi connectivity index (χ3n) is 3.69. The second kappa shape index (κ2) is 7.15. The molecule has 0 radical (unpaired) electrons. The standard InChI is InChI=1S/C15H22N4OS/c1-20-9-5-16-12-13-15(18-7-10-21-11-8-18)17-14-4-2-3-6-19(13)14/h2-4,6,16H,5,7-12H2,1H3. The van der Waals surface area contributed by atoms with E-state index in [1.165, 1.54) is 17.2 Å². The first-order chi connectivity index (χ1) is 10.4. The Morgan fingerprint density at radius 3 is 3.00 bits per heavy atom. The molecule has 0 saturated carbocycles. The molecule has 0 bridgehead atoms. The number of nitrogens with zero attached hydrogens (tertiary/aromatic N) is 3. The Kier molecular flexibility index (Phi) is 5.00. The summed E-state index contributed by atoms with van der Waals surface area (Å²) in [5.74, 6) is 3.50. The van der Waals surface area contributed by atoms with Crippen LogP contribution in [0.25, 0.3) is 5.65 Å². The van der Waals surface area contributed by atoms with Crippen LogP contribution in [0.2, 0.25) is 0 Å². The highest BCUT2D eigenvalue weighted by Gasteiger charge is 2.19. The molecule has 3 heterocycles. The SMILES string of the molecule is COCCNCc1c(N2CCSCC2)nc2ccccn12. The van der Waals surface area contributed by atoms with Crippen LogP contribution in [0.4, 0.5) is 5.82 Å². The lowest BCUT2D eigenvalue weighted by atomic mass is 10.3. The summed E-state index contributed by atoms with van der Waals surface area (Å²) < 4.78 is 7.29. The number of anilines is 1. The van der Waals surface area contributed by atoms with Crippen molar-refractivity contribution in [2.24, 2.45) is 0 Å². The molecule has 1 N–H and O–H groups in total. The lowest BCUT2D eigenvalue weighted by Crippen LogP contribution is -2.34. The fourth-order valence-corrected chi connectivity index (χ4v) is 3.51. The maximum Gasteiger partial charge on any atom is 0.152 e. The van der Waals surface area contributed by atoms with Crippen LogP contribution in [0.15, 0.2) is 24.4 Å². The number of nitrogens with one attached hydrogen (secondary N) is 1. The third-order valence-corrected chi connectivity index (χ3v) is 4.64. The van der Waals surface area contributed by atoms with Crippen LogP contribution in [-0.4, -0.2) is 54.2 Å². The molecule has 0 amide bonds. The van der Waals surface area contributed by atoms with Gasteiger partial charge in [0.2, 0.25) is 0 Å². The van der Waals surface area contributed by atoms with Crippen LogP contribution in [0.3, 0.4) is 0 Å². The maximum atomic E-state index is 5.10. The first-order valence-corrected chi connectivity index (χ1v) is 8.54. The molecule has 2 aromatic rings. The molecule has 1 aliphatic rings. The Bertz CT molecular complexity index is 580. The van der Waals surface area contributed by atoms with E-state index in [0.717, 1.165) is 44.3 Å². The average Bonchev–Trinajstić information content (AvgIpc) is 2.91. The van der Waals surface area contributed by atoms with Gasteiger partial charge in [-0.3, -0.25) is 0 Å². The van der Waals surface area contributed by atoms with Crippen molar-refractivity contribution in [3.63, 3.8) is 0 Å². The van der Waals surface area contributed by atoms with E-state index in [9.17, 15) is 0 Å². The summed E-state index contributed by atoms with van der Waals surface area (Å²) >= 11 is 2.02. The number of hydrogen-bond acceptors (Lipinski definition) is 5. The van der Waals surface area contributed by atoms with Gasteiger partial charge in [0.1, 0.15) is 5.65 Å². The van der Waals surface area contributed by atoms with Crippen LogP contribution in [0.1, 0.15) is 5.69 Å². The Morgan fingerprint density at radius 2 is 2.19 bits per heavy atom. The van der Waals surface area contributed by atoms with Crippen molar-refractivity contribution >= 4 is 23.2 Å². The molecule has 0 unspecified atom stereocenters. The Balaban J connectivity index is 1.86. The number of pyridine rings is 1. The highest BCUT2D eigenvalue weighted by Crippen LogP contribution is 2.24. The number of thioether (sulfide) groups is 1. The van der Waals surface area contributed by atoms with E-state index in [0.29, 0.717) is 0 Å². The van der Waals surface area contributed by atoms with Crippen molar-refractivity contribution in [2.45, 2.75) is 6.54 Å².